The van der Waals surface area contributed by atoms with Crippen LogP contribution >= 0.6 is 0 Å². The number of hydrogen-bond donors (Lipinski definition) is 2. The Morgan fingerprint density at radius 1 is 1.11 bits per heavy atom. The predicted octanol–water partition coefficient (Wildman–Crippen LogP) is 4.47. The zero-order valence-corrected chi connectivity index (χ0v) is 21.1. The summed E-state index contributed by atoms with van der Waals surface area (Å²) >= 11 is 0. The zero-order chi connectivity index (χ0) is 25.7. The molecule has 0 saturated carbocycles. The van der Waals surface area contributed by atoms with E-state index in [9.17, 15) is 4.79 Å². The Balaban J connectivity index is 1.02. The number of rotatable bonds is 7. The van der Waals surface area contributed by atoms with E-state index in [0.717, 1.165) is 35.5 Å². The Kier molecular flexibility index (Phi) is 5.45. The number of hydrogen-bond acceptors (Lipinski definition) is 7. The van der Waals surface area contributed by atoms with Gasteiger partial charge in [-0.3, -0.25) is 14.7 Å². The van der Waals surface area contributed by atoms with Gasteiger partial charge in [0.15, 0.2) is 0 Å². The first kappa shape index (κ1) is 23.0. The lowest BCUT2D eigenvalue weighted by atomic mass is 9.77. The molecule has 2 aromatic heterocycles. The summed E-state index contributed by atoms with van der Waals surface area (Å²) in [6, 6.07) is 19.8. The van der Waals surface area contributed by atoms with Crippen LogP contribution in [0, 0.1) is 12.3 Å². The van der Waals surface area contributed by atoms with Crippen molar-refractivity contribution >= 4 is 23.2 Å². The molecule has 190 valence electrons. The zero-order valence-electron chi connectivity index (χ0n) is 21.1. The van der Waals surface area contributed by atoms with Crippen LogP contribution in [0.4, 0.5) is 17.3 Å². The van der Waals surface area contributed by atoms with Crippen molar-refractivity contribution in [3.63, 3.8) is 0 Å². The molecule has 4 fully saturated rings. The second-order valence-corrected chi connectivity index (χ2v) is 10.6. The summed E-state index contributed by atoms with van der Waals surface area (Å²) in [5.74, 6) is 0.331. The predicted molar refractivity (Wildman–Crippen MR) is 145 cm³/mol. The molecule has 8 rings (SSSR count). The van der Waals surface area contributed by atoms with Gasteiger partial charge in [0.2, 0.25) is 5.95 Å². The normalized spacial score (nSPS) is 24.6. The number of aryl methyl sites for hydroxylation is 1. The lowest BCUT2D eigenvalue weighted by Crippen LogP contribution is -2.59. The van der Waals surface area contributed by atoms with Gasteiger partial charge in [0.1, 0.15) is 0 Å². The number of ether oxygens (including phenoxy) is 1. The lowest BCUT2D eigenvalue weighted by molar-refractivity contribution is -0.169. The number of carbonyl (C=O) groups excluding carboxylic acids is 1. The molecule has 8 heteroatoms. The Morgan fingerprint density at radius 3 is 2.71 bits per heavy atom. The standard InChI is InChI=1S/C30H28N6O2/c1-19-4-9-23(14-25(19)35-29-32-12-10-24(34-29)22-3-2-11-31-15-22)33-28(37)21-7-5-20(6-8-21)13-26-27-30(18-38-27)16-36(26)17-30/h2-12,14-15,26-27H,13,16-18H2,1H3,(H,33,37)(H,32,34,35). The molecule has 2 N–H and O–H groups in total. The van der Waals surface area contributed by atoms with Crippen LogP contribution in [0.5, 0.6) is 0 Å². The number of benzene rings is 2. The second-order valence-electron chi connectivity index (χ2n) is 10.6. The van der Waals surface area contributed by atoms with Crippen LogP contribution in [-0.2, 0) is 11.2 Å². The maximum Gasteiger partial charge on any atom is 0.255 e. The van der Waals surface area contributed by atoms with Crippen LogP contribution < -0.4 is 10.6 Å². The Bertz CT molecular complexity index is 1500. The maximum atomic E-state index is 13.0. The van der Waals surface area contributed by atoms with Crippen LogP contribution in [0.25, 0.3) is 11.3 Å². The minimum Gasteiger partial charge on any atom is -0.375 e. The summed E-state index contributed by atoms with van der Waals surface area (Å²) in [5.41, 5.74) is 6.54. The molecule has 1 spiro atoms. The van der Waals surface area contributed by atoms with E-state index in [1.807, 2.05) is 55.5 Å². The summed E-state index contributed by atoms with van der Waals surface area (Å²) in [6.07, 6.45) is 6.57. The highest BCUT2D eigenvalue weighted by Gasteiger charge is 2.67. The van der Waals surface area contributed by atoms with Crippen molar-refractivity contribution in [2.45, 2.75) is 25.5 Å². The van der Waals surface area contributed by atoms with Gasteiger partial charge in [-0.2, -0.15) is 0 Å². The number of carbonyl (C=O) groups is 1. The molecule has 4 saturated heterocycles. The van der Waals surface area contributed by atoms with Crippen molar-refractivity contribution < 1.29 is 9.53 Å². The first-order chi connectivity index (χ1) is 18.6. The molecule has 0 aliphatic carbocycles. The van der Waals surface area contributed by atoms with Gasteiger partial charge in [-0.25, -0.2) is 9.97 Å². The Labute approximate surface area is 221 Å². The molecule has 1 amide bonds. The van der Waals surface area contributed by atoms with E-state index in [-0.39, 0.29) is 5.91 Å². The fraction of sp³-hybridized carbons (Fsp3) is 0.267. The van der Waals surface area contributed by atoms with E-state index >= 15 is 0 Å². The Hall–Kier alpha value is -4.14. The quantitative estimate of drug-likeness (QED) is 0.384. The molecule has 6 heterocycles. The SMILES string of the molecule is Cc1ccc(NC(=O)c2ccc(CC3C4OCC45CN3C5)cc2)cc1Nc1nccc(-c2cccnc2)n1. The van der Waals surface area contributed by atoms with Crippen LogP contribution in [0.3, 0.4) is 0 Å². The molecule has 2 atom stereocenters. The molecular formula is C30H28N6O2. The van der Waals surface area contributed by atoms with Gasteiger partial charge in [0.05, 0.1) is 18.4 Å². The van der Waals surface area contributed by atoms with E-state index in [4.69, 9.17) is 4.74 Å². The topological polar surface area (TPSA) is 92.3 Å². The molecular weight excluding hydrogens is 476 g/mol. The minimum absolute atomic E-state index is 0.144. The first-order valence-electron chi connectivity index (χ1n) is 12.9. The van der Waals surface area contributed by atoms with Gasteiger partial charge < -0.3 is 15.4 Å². The van der Waals surface area contributed by atoms with Gasteiger partial charge in [0, 0.05) is 65.6 Å². The monoisotopic (exact) mass is 504 g/mol. The van der Waals surface area contributed by atoms with Crippen molar-refractivity contribution in [2.75, 3.05) is 30.3 Å². The highest BCUT2D eigenvalue weighted by Crippen LogP contribution is 2.54. The Morgan fingerprint density at radius 2 is 1.97 bits per heavy atom. The number of amides is 1. The first-order valence-corrected chi connectivity index (χ1v) is 12.9. The molecule has 4 aliphatic heterocycles. The fourth-order valence-electron chi connectivity index (χ4n) is 5.92. The number of nitrogens with zero attached hydrogens (tertiary/aromatic N) is 4. The summed E-state index contributed by atoms with van der Waals surface area (Å²) in [7, 11) is 0. The largest absolute Gasteiger partial charge is 0.375 e. The third-order valence-corrected chi connectivity index (χ3v) is 8.02. The number of pyridine rings is 1. The van der Waals surface area contributed by atoms with Gasteiger partial charge in [-0.05, 0) is 66.9 Å². The number of aromatic nitrogens is 3. The van der Waals surface area contributed by atoms with Crippen molar-refractivity contribution in [1.29, 1.82) is 0 Å². The summed E-state index contributed by atoms with van der Waals surface area (Å²) in [5, 5.41) is 6.31. The smallest absolute Gasteiger partial charge is 0.255 e. The maximum absolute atomic E-state index is 13.0. The fourth-order valence-corrected chi connectivity index (χ4v) is 5.92. The van der Waals surface area contributed by atoms with E-state index in [1.165, 1.54) is 18.7 Å². The lowest BCUT2D eigenvalue weighted by Gasteiger charge is -2.48. The van der Waals surface area contributed by atoms with Crippen molar-refractivity contribution in [3.8, 4) is 11.3 Å². The average Bonchev–Trinajstić information content (AvgIpc) is 3.23. The van der Waals surface area contributed by atoms with E-state index < -0.39 is 0 Å². The average molecular weight is 505 g/mol. The summed E-state index contributed by atoms with van der Waals surface area (Å²) < 4.78 is 5.87. The molecule has 4 aromatic rings. The van der Waals surface area contributed by atoms with Crippen molar-refractivity contribution in [3.05, 3.63) is 95.9 Å². The third-order valence-electron chi connectivity index (χ3n) is 8.02. The van der Waals surface area contributed by atoms with E-state index in [1.54, 1.807) is 18.6 Å². The van der Waals surface area contributed by atoms with Crippen LogP contribution in [-0.4, -0.2) is 57.6 Å². The number of nitrogens with one attached hydrogen (secondary N) is 2. The number of anilines is 3. The molecule has 0 radical (unpaired) electrons. The van der Waals surface area contributed by atoms with Gasteiger partial charge in [0.25, 0.3) is 5.91 Å². The van der Waals surface area contributed by atoms with Crippen molar-refractivity contribution in [1.82, 2.24) is 19.9 Å². The van der Waals surface area contributed by atoms with Gasteiger partial charge in [-0.15, -0.1) is 0 Å². The van der Waals surface area contributed by atoms with Gasteiger partial charge >= 0.3 is 0 Å². The van der Waals surface area contributed by atoms with Crippen molar-refractivity contribution in [2.24, 2.45) is 5.41 Å². The molecule has 2 aromatic carbocycles. The summed E-state index contributed by atoms with van der Waals surface area (Å²) in [6.45, 7) is 5.28. The van der Waals surface area contributed by atoms with Crippen LogP contribution in [0.1, 0.15) is 21.5 Å². The minimum atomic E-state index is -0.144. The molecule has 2 bridgehead atoms. The van der Waals surface area contributed by atoms with Crippen LogP contribution in [0.2, 0.25) is 0 Å². The van der Waals surface area contributed by atoms with Gasteiger partial charge in [-0.1, -0.05) is 18.2 Å². The molecule has 8 nitrogen and oxygen atoms in total. The van der Waals surface area contributed by atoms with E-state index in [2.05, 4.69) is 42.6 Å². The summed E-state index contributed by atoms with van der Waals surface area (Å²) in [4.78, 5) is 28.7. The van der Waals surface area contributed by atoms with Crippen LogP contribution in [0.15, 0.2) is 79.3 Å². The molecule has 4 aliphatic rings. The highest BCUT2D eigenvalue weighted by atomic mass is 16.5. The highest BCUT2D eigenvalue weighted by molar-refractivity contribution is 6.04. The third kappa shape index (κ3) is 4.02. The molecule has 2 unspecified atom stereocenters. The second kappa shape index (κ2) is 9.01. The van der Waals surface area contributed by atoms with E-state index in [0.29, 0.717) is 34.8 Å². The molecule has 38 heavy (non-hydrogen) atoms.